The molecule has 3 rings (SSSR count). The van der Waals surface area contributed by atoms with E-state index in [1.54, 1.807) is 12.3 Å². The average molecular weight is 300 g/mol. The summed E-state index contributed by atoms with van der Waals surface area (Å²) in [5.41, 5.74) is 2.19. The summed E-state index contributed by atoms with van der Waals surface area (Å²) in [5, 5.41) is 13.4. The van der Waals surface area contributed by atoms with Crippen LogP contribution in [0, 0.1) is 10.1 Å². The van der Waals surface area contributed by atoms with Gasteiger partial charge in [-0.2, -0.15) is 0 Å². The van der Waals surface area contributed by atoms with E-state index < -0.39 is 4.92 Å². The second-order valence-electron chi connectivity index (χ2n) is 4.65. The van der Waals surface area contributed by atoms with Gasteiger partial charge in [-0.3, -0.25) is 14.9 Å². The Balaban J connectivity index is 2.14. The van der Waals surface area contributed by atoms with E-state index >= 15 is 0 Å². The van der Waals surface area contributed by atoms with E-state index in [1.807, 2.05) is 18.4 Å². The molecular formula is C15H12N2O3S. The standard InChI is InChI=1S/C15H12N2O3S/c1-2-9-5-6-21-15(9)14(18)12-8-16-13-4-3-10(17(19)20)7-11(12)13/h3-8,16H,2H2,1H3. The number of aryl methyl sites for hydroxylation is 1. The van der Waals surface area contributed by atoms with Crippen molar-refractivity contribution in [2.75, 3.05) is 0 Å². The van der Waals surface area contributed by atoms with Gasteiger partial charge < -0.3 is 4.98 Å². The van der Waals surface area contributed by atoms with Crippen LogP contribution in [0.15, 0.2) is 35.8 Å². The number of aromatic amines is 1. The third-order valence-electron chi connectivity index (χ3n) is 3.45. The largest absolute Gasteiger partial charge is 0.360 e. The predicted molar refractivity (Wildman–Crippen MR) is 82.1 cm³/mol. The number of hydrogen-bond acceptors (Lipinski definition) is 4. The number of carbonyl (C=O) groups excluding carboxylic acids is 1. The molecule has 6 heteroatoms. The summed E-state index contributed by atoms with van der Waals surface area (Å²) in [5.74, 6) is -0.0893. The number of nitrogens with zero attached hydrogens (tertiary/aromatic N) is 1. The first kappa shape index (κ1) is 13.5. The van der Waals surface area contributed by atoms with E-state index in [1.165, 1.54) is 23.5 Å². The summed E-state index contributed by atoms with van der Waals surface area (Å²) in [6.45, 7) is 2.00. The highest BCUT2D eigenvalue weighted by Crippen LogP contribution is 2.28. The van der Waals surface area contributed by atoms with Gasteiger partial charge in [-0.25, -0.2) is 0 Å². The van der Waals surface area contributed by atoms with E-state index in [4.69, 9.17) is 0 Å². The molecule has 1 aromatic carbocycles. The molecule has 0 aliphatic rings. The normalized spacial score (nSPS) is 10.9. The number of thiophene rings is 1. The Bertz CT molecular complexity index is 848. The smallest absolute Gasteiger partial charge is 0.270 e. The number of nitrogens with one attached hydrogen (secondary N) is 1. The summed E-state index contributed by atoms with van der Waals surface area (Å²) in [6, 6.07) is 6.43. The molecule has 0 atom stereocenters. The number of benzene rings is 1. The fraction of sp³-hybridized carbons (Fsp3) is 0.133. The van der Waals surface area contributed by atoms with Gasteiger partial charge in [0, 0.05) is 34.8 Å². The molecule has 106 valence electrons. The molecule has 0 unspecified atom stereocenters. The Morgan fingerprint density at radius 2 is 2.19 bits per heavy atom. The number of H-pyrrole nitrogens is 1. The van der Waals surface area contributed by atoms with E-state index in [0.717, 1.165) is 17.5 Å². The maximum absolute atomic E-state index is 12.7. The molecule has 0 fully saturated rings. The van der Waals surface area contributed by atoms with Crippen LogP contribution >= 0.6 is 11.3 Å². The van der Waals surface area contributed by atoms with Crippen LogP contribution in [0.5, 0.6) is 0 Å². The number of carbonyl (C=O) groups is 1. The van der Waals surface area contributed by atoms with Crippen molar-refractivity contribution in [3.8, 4) is 0 Å². The van der Waals surface area contributed by atoms with Crippen LogP contribution in [0.1, 0.15) is 27.7 Å². The van der Waals surface area contributed by atoms with Crippen molar-refractivity contribution in [2.24, 2.45) is 0 Å². The molecule has 0 spiro atoms. The Morgan fingerprint density at radius 1 is 1.38 bits per heavy atom. The topological polar surface area (TPSA) is 76.0 Å². The number of aromatic nitrogens is 1. The molecule has 0 aliphatic heterocycles. The van der Waals surface area contributed by atoms with Crippen LogP contribution < -0.4 is 0 Å². The second-order valence-corrected chi connectivity index (χ2v) is 5.56. The van der Waals surface area contributed by atoms with Crippen molar-refractivity contribution < 1.29 is 9.72 Å². The quantitative estimate of drug-likeness (QED) is 0.450. The SMILES string of the molecule is CCc1ccsc1C(=O)c1c[nH]c2ccc([N+](=O)[O-])cc12. The summed E-state index contributed by atoms with van der Waals surface area (Å²) < 4.78 is 0. The third kappa shape index (κ3) is 2.23. The number of nitro benzene ring substituents is 1. The lowest BCUT2D eigenvalue weighted by Gasteiger charge is -2.00. The Hall–Kier alpha value is -2.47. The Morgan fingerprint density at radius 3 is 2.90 bits per heavy atom. The number of rotatable bonds is 4. The van der Waals surface area contributed by atoms with Gasteiger partial charge >= 0.3 is 0 Å². The van der Waals surface area contributed by atoms with Gasteiger partial charge in [0.15, 0.2) is 0 Å². The molecule has 5 nitrogen and oxygen atoms in total. The van der Waals surface area contributed by atoms with Gasteiger partial charge in [0.25, 0.3) is 5.69 Å². The zero-order valence-corrected chi connectivity index (χ0v) is 12.1. The predicted octanol–water partition coefficient (Wildman–Crippen LogP) is 3.93. The summed E-state index contributed by atoms with van der Waals surface area (Å²) in [7, 11) is 0. The highest BCUT2D eigenvalue weighted by atomic mass is 32.1. The fourth-order valence-corrected chi connectivity index (χ4v) is 3.29. The summed E-state index contributed by atoms with van der Waals surface area (Å²) >= 11 is 1.40. The lowest BCUT2D eigenvalue weighted by atomic mass is 10.0. The Kier molecular flexibility index (Phi) is 3.31. The van der Waals surface area contributed by atoms with E-state index in [2.05, 4.69) is 4.98 Å². The summed E-state index contributed by atoms with van der Waals surface area (Å²) in [6.07, 6.45) is 2.41. The maximum atomic E-state index is 12.7. The molecule has 3 aromatic rings. The lowest BCUT2D eigenvalue weighted by molar-refractivity contribution is -0.384. The molecule has 0 bridgehead atoms. The van der Waals surface area contributed by atoms with Crippen LogP contribution in [0.25, 0.3) is 10.9 Å². The van der Waals surface area contributed by atoms with Crippen LogP contribution in [0.2, 0.25) is 0 Å². The number of fused-ring (bicyclic) bond motifs is 1. The Labute approximate surface area is 124 Å². The molecule has 2 heterocycles. The molecule has 0 saturated carbocycles. The molecule has 1 N–H and O–H groups in total. The molecule has 0 saturated heterocycles. The van der Waals surface area contributed by atoms with Crippen molar-refractivity contribution in [3.05, 3.63) is 62.0 Å². The third-order valence-corrected chi connectivity index (χ3v) is 4.41. The zero-order chi connectivity index (χ0) is 15.0. The minimum atomic E-state index is -0.455. The average Bonchev–Trinajstić information content (AvgIpc) is 3.12. The van der Waals surface area contributed by atoms with Crippen LogP contribution in [-0.4, -0.2) is 15.7 Å². The van der Waals surface area contributed by atoms with E-state index in [0.29, 0.717) is 15.8 Å². The minimum absolute atomic E-state index is 0.0157. The van der Waals surface area contributed by atoms with Crippen molar-refractivity contribution in [2.45, 2.75) is 13.3 Å². The van der Waals surface area contributed by atoms with Gasteiger partial charge in [-0.05, 0) is 29.5 Å². The van der Waals surface area contributed by atoms with Crippen molar-refractivity contribution in [3.63, 3.8) is 0 Å². The van der Waals surface area contributed by atoms with E-state index in [9.17, 15) is 14.9 Å². The zero-order valence-electron chi connectivity index (χ0n) is 11.3. The van der Waals surface area contributed by atoms with E-state index in [-0.39, 0.29) is 11.5 Å². The number of hydrogen-bond donors (Lipinski definition) is 1. The summed E-state index contributed by atoms with van der Waals surface area (Å²) in [4.78, 5) is 26.8. The van der Waals surface area contributed by atoms with Gasteiger partial charge in [0.2, 0.25) is 5.78 Å². The molecule has 0 amide bonds. The first-order chi connectivity index (χ1) is 10.1. The van der Waals surface area contributed by atoms with Gasteiger partial charge in [0.05, 0.1) is 9.80 Å². The van der Waals surface area contributed by atoms with Crippen LogP contribution in [-0.2, 0) is 6.42 Å². The molecule has 0 radical (unpaired) electrons. The first-order valence-corrected chi connectivity index (χ1v) is 7.36. The lowest BCUT2D eigenvalue weighted by Crippen LogP contribution is -2.00. The van der Waals surface area contributed by atoms with Crippen LogP contribution in [0.4, 0.5) is 5.69 Å². The maximum Gasteiger partial charge on any atom is 0.270 e. The van der Waals surface area contributed by atoms with Gasteiger partial charge in [-0.1, -0.05) is 6.92 Å². The van der Waals surface area contributed by atoms with Crippen LogP contribution in [0.3, 0.4) is 0 Å². The van der Waals surface area contributed by atoms with Crippen molar-refractivity contribution in [1.82, 2.24) is 4.98 Å². The monoisotopic (exact) mass is 300 g/mol. The molecule has 21 heavy (non-hydrogen) atoms. The highest BCUT2D eigenvalue weighted by Gasteiger charge is 2.19. The number of non-ortho nitro benzene ring substituents is 1. The number of nitro groups is 1. The second kappa shape index (κ2) is 5.14. The van der Waals surface area contributed by atoms with Gasteiger partial charge in [0.1, 0.15) is 0 Å². The number of ketones is 1. The molecule has 2 aromatic heterocycles. The highest BCUT2D eigenvalue weighted by molar-refractivity contribution is 7.12. The molecule has 0 aliphatic carbocycles. The van der Waals surface area contributed by atoms with Crippen molar-refractivity contribution in [1.29, 1.82) is 0 Å². The van der Waals surface area contributed by atoms with Crippen molar-refractivity contribution >= 4 is 33.7 Å². The fourth-order valence-electron chi connectivity index (χ4n) is 2.35. The van der Waals surface area contributed by atoms with Gasteiger partial charge in [-0.15, -0.1) is 11.3 Å². The minimum Gasteiger partial charge on any atom is -0.360 e. The first-order valence-electron chi connectivity index (χ1n) is 6.48. The molecular weight excluding hydrogens is 288 g/mol.